The van der Waals surface area contributed by atoms with Gasteiger partial charge in [-0.05, 0) is 46.0 Å². The van der Waals surface area contributed by atoms with Gasteiger partial charge in [0.2, 0.25) is 5.91 Å². The Bertz CT molecular complexity index is 324. The monoisotopic (exact) mass is 282 g/mol. The number of unbranched alkanes of at least 4 members (excludes halogenated alkanes) is 1. The minimum absolute atomic E-state index is 0.213. The van der Waals surface area contributed by atoms with E-state index in [9.17, 15) is 4.79 Å². The fourth-order valence-corrected chi connectivity index (χ4v) is 3.49. The number of amides is 1. The maximum absolute atomic E-state index is 12.7. The SMILES string of the molecule is CCC1NC2(CCCC2)C(=O)N1CCCCOC(C)C. The van der Waals surface area contributed by atoms with E-state index in [0.29, 0.717) is 12.0 Å². The Morgan fingerprint density at radius 3 is 2.65 bits per heavy atom. The Labute approximate surface area is 123 Å². The lowest BCUT2D eigenvalue weighted by molar-refractivity contribution is -0.133. The van der Waals surface area contributed by atoms with Crippen LogP contribution in [0.2, 0.25) is 0 Å². The second-order valence-electron chi connectivity index (χ2n) is 6.48. The van der Waals surface area contributed by atoms with Gasteiger partial charge in [-0.1, -0.05) is 19.8 Å². The molecule has 1 unspecified atom stereocenters. The minimum Gasteiger partial charge on any atom is -0.379 e. The molecule has 2 fully saturated rings. The number of carbonyl (C=O) groups excluding carboxylic acids is 1. The molecule has 1 saturated heterocycles. The first-order valence-electron chi connectivity index (χ1n) is 8.29. The molecule has 116 valence electrons. The average molecular weight is 282 g/mol. The van der Waals surface area contributed by atoms with Crippen LogP contribution < -0.4 is 5.32 Å². The van der Waals surface area contributed by atoms with Crippen LogP contribution >= 0.6 is 0 Å². The fourth-order valence-electron chi connectivity index (χ4n) is 3.49. The number of nitrogens with zero attached hydrogens (tertiary/aromatic N) is 1. The first-order valence-corrected chi connectivity index (χ1v) is 8.29. The molecule has 20 heavy (non-hydrogen) atoms. The predicted octanol–water partition coefficient (Wildman–Crippen LogP) is 2.67. The summed E-state index contributed by atoms with van der Waals surface area (Å²) in [4.78, 5) is 14.8. The van der Waals surface area contributed by atoms with Crippen molar-refractivity contribution in [2.75, 3.05) is 13.2 Å². The molecule has 1 spiro atoms. The van der Waals surface area contributed by atoms with Crippen LogP contribution in [0.4, 0.5) is 0 Å². The summed E-state index contributed by atoms with van der Waals surface area (Å²) in [5.41, 5.74) is -0.213. The van der Waals surface area contributed by atoms with Gasteiger partial charge in [-0.3, -0.25) is 10.1 Å². The molecule has 2 rings (SSSR count). The number of hydrogen-bond acceptors (Lipinski definition) is 3. The molecule has 1 N–H and O–H groups in total. The van der Waals surface area contributed by atoms with Crippen molar-refractivity contribution in [2.45, 2.75) is 83.5 Å². The van der Waals surface area contributed by atoms with Crippen LogP contribution in [0, 0.1) is 0 Å². The predicted molar refractivity (Wildman–Crippen MR) is 80.4 cm³/mol. The second-order valence-corrected chi connectivity index (χ2v) is 6.48. The molecule has 0 aromatic carbocycles. The lowest BCUT2D eigenvalue weighted by atomic mass is 9.98. The summed E-state index contributed by atoms with van der Waals surface area (Å²) < 4.78 is 5.56. The molecular formula is C16H30N2O2. The molecule has 0 radical (unpaired) electrons. The minimum atomic E-state index is -0.213. The highest BCUT2D eigenvalue weighted by atomic mass is 16.5. The van der Waals surface area contributed by atoms with E-state index >= 15 is 0 Å². The topological polar surface area (TPSA) is 41.6 Å². The zero-order valence-electron chi connectivity index (χ0n) is 13.3. The van der Waals surface area contributed by atoms with Gasteiger partial charge in [0.05, 0.1) is 17.8 Å². The maximum Gasteiger partial charge on any atom is 0.244 e. The Hall–Kier alpha value is -0.610. The van der Waals surface area contributed by atoms with Crippen LogP contribution in [-0.4, -0.2) is 41.8 Å². The quantitative estimate of drug-likeness (QED) is 0.730. The molecule has 0 bridgehead atoms. The lowest BCUT2D eigenvalue weighted by Gasteiger charge is -2.23. The summed E-state index contributed by atoms with van der Waals surface area (Å²) in [7, 11) is 0. The number of hydrogen-bond donors (Lipinski definition) is 1. The molecule has 1 heterocycles. The van der Waals surface area contributed by atoms with Crippen LogP contribution in [0.25, 0.3) is 0 Å². The van der Waals surface area contributed by atoms with Crippen molar-refractivity contribution in [1.29, 1.82) is 0 Å². The van der Waals surface area contributed by atoms with E-state index < -0.39 is 0 Å². The zero-order chi connectivity index (χ0) is 14.6. The summed E-state index contributed by atoms with van der Waals surface area (Å²) in [6.45, 7) is 7.95. The highest BCUT2D eigenvalue weighted by Gasteiger charge is 2.51. The highest BCUT2D eigenvalue weighted by molar-refractivity contribution is 5.89. The lowest BCUT2D eigenvalue weighted by Crippen LogP contribution is -2.44. The molecule has 0 aromatic heterocycles. The Morgan fingerprint density at radius 2 is 2.05 bits per heavy atom. The number of carbonyl (C=O) groups is 1. The summed E-state index contributed by atoms with van der Waals surface area (Å²) in [6, 6.07) is 0. The molecule has 0 aromatic rings. The van der Waals surface area contributed by atoms with E-state index in [0.717, 1.165) is 45.3 Å². The van der Waals surface area contributed by atoms with E-state index in [1.807, 2.05) is 0 Å². The standard InChI is InChI=1S/C16H30N2O2/c1-4-14-17-16(9-5-6-10-16)15(19)18(14)11-7-8-12-20-13(2)3/h13-14,17H,4-12H2,1-3H3. The van der Waals surface area contributed by atoms with Crippen molar-refractivity contribution in [1.82, 2.24) is 10.2 Å². The van der Waals surface area contributed by atoms with Crippen LogP contribution in [0.3, 0.4) is 0 Å². The van der Waals surface area contributed by atoms with E-state index in [-0.39, 0.29) is 11.7 Å². The third-order valence-corrected chi connectivity index (χ3v) is 4.58. The number of nitrogens with one attached hydrogen (secondary N) is 1. The summed E-state index contributed by atoms with van der Waals surface area (Å²) >= 11 is 0. The summed E-state index contributed by atoms with van der Waals surface area (Å²) in [5.74, 6) is 0.353. The number of rotatable bonds is 7. The van der Waals surface area contributed by atoms with Gasteiger partial charge >= 0.3 is 0 Å². The molecule has 4 nitrogen and oxygen atoms in total. The van der Waals surface area contributed by atoms with Crippen molar-refractivity contribution in [3.8, 4) is 0 Å². The molecule has 1 aliphatic carbocycles. The second kappa shape index (κ2) is 6.90. The molecule has 1 aliphatic heterocycles. The third-order valence-electron chi connectivity index (χ3n) is 4.58. The first-order chi connectivity index (χ1) is 9.59. The van der Waals surface area contributed by atoms with Gasteiger partial charge in [0.1, 0.15) is 0 Å². The maximum atomic E-state index is 12.7. The molecular weight excluding hydrogens is 252 g/mol. The van der Waals surface area contributed by atoms with Crippen molar-refractivity contribution >= 4 is 5.91 Å². The van der Waals surface area contributed by atoms with Crippen LogP contribution in [0.1, 0.15) is 65.7 Å². The van der Waals surface area contributed by atoms with E-state index in [1.165, 1.54) is 12.8 Å². The normalized spacial score (nSPS) is 25.3. The zero-order valence-corrected chi connectivity index (χ0v) is 13.3. The van der Waals surface area contributed by atoms with Crippen molar-refractivity contribution < 1.29 is 9.53 Å². The Morgan fingerprint density at radius 1 is 1.35 bits per heavy atom. The van der Waals surface area contributed by atoms with E-state index in [1.54, 1.807) is 0 Å². The van der Waals surface area contributed by atoms with Gasteiger partial charge < -0.3 is 9.64 Å². The van der Waals surface area contributed by atoms with E-state index in [2.05, 4.69) is 31.0 Å². The fraction of sp³-hybridized carbons (Fsp3) is 0.938. The van der Waals surface area contributed by atoms with Crippen LogP contribution in [0.5, 0.6) is 0 Å². The average Bonchev–Trinajstić information content (AvgIpc) is 2.98. The van der Waals surface area contributed by atoms with Gasteiger partial charge in [-0.25, -0.2) is 0 Å². The third kappa shape index (κ3) is 3.34. The van der Waals surface area contributed by atoms with Gasteiger partial charge in [-0.2, -0.15) is 0 Å². The van der Waals surface area contributed by atoms with Gasteiger partial charge in [0, 0.05) is 13.2 Å². The summed E-state index contributed by atoms with van der Waals surface area (Å²) in [6.07, 6.45) is 8.02. The summed E-state index contributed by atoms with van der Waals surface area (Å²) in [5, 5.41) is 3.62. The highest BCUT2D eigenvalue weighted by Crippen LogP contribution is 2.36. The molecule has 2 aliphatic rings. The van der Waals surface area contributed by atoms with Crippen LogP contribution in [0.15, 0.2) is 0 Å². The van der Waals surface area contributed by atoms with Crippen molar-refractivity contribution in [2.24, 2.45) is 0 Å². The van der Waals surface area contributed by atoms with Gasteiger partial charge in [0.15, 0.2) is 0 Å². The van der Waals surface area contributed by atoms with Crippen molar-refractivity contribution in [3.63, 3.8) is 0 Å². The molecule has 4 heteroatoms. The van der Waals surface area contributed by atoms with Gasteiger partial charge in [0.25, 0.3) is 0 Å². The molecule has 1 saturated carbocycles. The first kappa shape index (κ1) is 15.8. The molecule has 1 amide bonds. The smallest absolute Gasteiger partial charge is 0.244 e. The van der Waals surface area contributed by atoms with E-state index in [4.69, 9.17) is 4.74 Å². The van der Waals surface area contributed by atoms with Crippen molar-refractivity contribution in [3.05, 3.63) is 0 Å². The molecule has 1 atom stereocenters. The largest absolute Gasteiger partial charge is 0.379 e. The Balaban J connectivity index is 1.81. The number of ether oxygens (including phenoxy) is 1. The van der Waals surface area contributed by atoms with Crippen LogP contribution in [-0.2, 0) is 9.53 Å². The Kier molecular flexibility index (Phi) is 5.44. The van der Waals surface area contributed by atoms with Gasteiger partial charge in [-0.15, -0.1) is 0 Å².